The molecule has 2 N–H and O–H groups in total. The Hall–Kier alpha value is -3.03. The molecule has 37 heavy (non-hydrogen) atoms. The molecule has 3 aromatic rings. The normalized spacial score (nSPS) is 12.4. The van der Waals surface area contributed by atoms with Gasteiger partial charge in [0, 0.05) is 17.8 Å². The smallest absolute Gasteiger partial charge is 0.444 e. The van der Waals surface area contributed by atoms with E-state index in [0.717, 1.165) is 27.8 Å². The Morgan fingerprint density at radius 1 is 1.03 bits per heavy atom. The van der Waals surface area contributed by atoms with Crippen LogP contribution in [-0.2, 0) is 21.5 Å². The zero-order valence-corrected chi connectivity index (χ0v) is 22.3. The summed E-state index contributed by atoms with van der Waals surface area (Å²) in [5.74, 6) is -0.407. The molecule has 0 fully saturated rings. The summed E-state index contributed by atoms with van der Waals surface area (Å²) in [4.78, 5) is 11.8. The summed E-state index contributed by atoms with van der Waals surface area (Å²) >= 11 is 1.28. The SMILES string of the molecule is Cc1c(N(Cc2ccc(OC(F)(F)F)cc2)S(=O)(=O)NCCNC(=O)OC(C)(C)C)sc2ccccc12. The monoisotopic (exact) mass is 559 g/mol. The van der Waals surface area contributed by atoms with Crippen molar-refractivity contribution in [3.8, 4) is 5.75 Å². The molecule has 0 bridgehead atoms. The van der Waals surface area contributed by atoms with Crippen LogP contribution in [0.25, 0.3) is 10.1 Å². The highest BCUT2D eigenvalue weighted by Gasteiger charge is 2.31. The van der Waals surface area contributed by atoms with Crippen molar-refractivity contribution >= 4 is 42.7 Å². The quantitative estimate of drug-likeness (QED) is 0.339. The Bertz CT molecular complexity index is 1330. The van der Waals surface area contributed by atoms with Crippen LogP contribution in [0, 0.1) is 6.92 Å². The van der Waals surface area contributed by atoms with Crippen LogP contribution in [0.4, 0.5) is 23.0 Å². The number of nitrogens with one attached hydrogen (secondary N) is 2. The molecule has 0 radical (unpaired) electrons. The molecule has 13 heteroatoms. The lowest BCUT2D eigenvalue weighted by Gasteiger charge is -2.24. The number of fused-ring (bicyclic) bond motifs is 1. The van der Waals surface area contributed by atoms with Crippen LogP contribution in [-0.4, -0.2) is 39.6 Å². The zero-order valence-electron chi connectivity index (χ0n) is 20.7. The highest BCUT2D eigenvalue weighted by Crippen LogP contribution is 2.39. The number of carbonyl (C=O) groups is 1. The molecule has 1 aromatic heterocycles. The molecule has 0 unspecified atom stereocenters. The van der Waals surface area contributed by atoms with E-state index in [4.69, 9.17) is 4.74 Å². The van der Waals surface area contributed by atoms with E-state index in [-0.39, 0.29) is 19.6 Å². The first-order valence-corrected chi connectivity index (χ1v) is 13.5. The lowest BCUT2D eigenvalue weighted by Crippen LogP contribution is -2.44. The average molecular weight is 560 g/mol. The summed E-state index contributed by atoms with van der Waals surface area (Å²) in [6, 6.07) is 12.5. The van der Waals surface area contributed by atoms with Gasteiger partial charge in [-0.3, -0.25) is 0 Å². The van der Waals surface area contributed by atoms with Crippen molar-refractivity contribution in [2.75, 3.05) is 17.4 Å². The molecule has 0 aliphatic rings. The zero-order chi connectivity index (χ0) is 27.4. The molecule has 0 atom stereocenters. The third-order valence-corrected chi connectivity index (χ3v) is 7.77. The van der Waals surface area contributed by atoms with E-state index in [1.165, 1.54) is 27.8 Å². The Labute approximate surface area is 217 Å². The summed E-state index contributed by atoms with van der Waals surface area (Å²) < 4.78 is 77.9. The van der Waals surface area contributed by atoms with Crippen molar-refractivity contribution in [2.45, 2.75) is 46.2 Å². The molecule has 0 aliphatic carbocycles. The first-order chi connectivity index (χ1) is 17.1. The predicted octanol–water partition coefficient (Wildman–Crippen LogP) is 5.47. The van der Waals surface area contributed by atoms with E-state index in [9.17, 15) is 26.4 Å². The van der Waals surface area contributed by atoms with E-state index in [1.54, 1.807) is 27.7 Å². The number of benzene rings is 2. The predicted molar refractivity (Wildman–Crippen MR) is 137 cm³/mol. The highest BCUT2D eigenvalue weighted by atomic mass is 32.2. The third kappa shape index (κ3) is 8.23. The Morgan fingerprint density at radius 3 is 2.27 bits per heavy atom. The van der Waals surface area contributed by atoms with Crippen LogP contribution >= 0.6 is 11.3 Å². The van der Waals surface area contributed by atoms with Crippen LogP contribution in [0.1, 0.15) is 31.9 Å². The summed E-state index contributed by atoms with van der Waals surface area (Å²) in [7, 11) is -4.13. The fourth-order valence-electron chi connectivity index (χ4n) is 3.36. The van der Waals surface area contributed by atoms with Crippen molar-refractivity contribution < 1.29 is 35.9 Å². The molecule has 0 aliphatic heterocycles. The largest absolute Gasteiger partial charge is 0.573 e. The summed E-state index contributed by atoms with van der Waals surface area (Å²) in [6.07, 6.45) is -5.51. The third-order valence-electron chi connectivity index (χ3n) is 4.90. The number of thiophene rings is 1. The fourth-order valence-corrected chi connectivity index (χ4v) is 6.08. The number of ether oxygens (including phenoxy) is 2. The number of rotatable bonds is 9. The number of hydrogen-bond acceptors (Lipinski definition) is 6. The van der Waals surface area contributed by atoms with Gasteiger partial charge in [-0.1, -0.05) is 30.3 Å². The van der Waals surface area contributed by atoms with Crippen molar-refractivity contribution in [1.29, 1.82) is 0 Å². The van der Waals surface area contributed by atoms with Crippen molar-refractivity contribution in [3.05, 3.63) is 59.7 Å². The topological polar surface area (TPSA) is 97.0 Å². The van der Waals surface area contributed by atoms with Gasteiger partial charge in [-0.25, -0.2) is 9.10 Å². The summed E-state index contributed by atoms with van der Waals surface area (Å²) in [5, 5.41) is 3.84. The van der Waals surface area contributed by atoms with Gasteiger partial charge in [-0.2, -0.15) is 13.1 Å². The van der Waals surface area contributed by atoms with Gasteiger partial charge in [0.25, 0.3) is 0 Å². The van der Waals surface area contributed by atoms with Crippen molar-refractivity contribution in [2.24, 2.45) is 0 Å². The van der Waals surface area contributed by atoms with Gasteiger partial charge in [-0.05, 0) is 62.4 Å². The number of carbonyl (C=O) groups excluding carboxylic acids is 1. The minimum absolute atomic E-state index is 0.0170. The molecule has 0 spiro atoms. The second-order valence-electron chi connectivity index (χ2n) is 9.05. The lowest BCUT2D eigenvalue weighted by atomic mass is 10.2. The maximum absolute atomic E-state index is 13.4. The van der Waals surface area contributed by atoms with Gasteiger partial charge in [0.1, 0.15) is 16.4 Å². The number of alkyl halides is 3. The van der Waals surface area contributed by atoms with Crippen LogP contribution in [0.2, 0.25) is 0 Å². The molecular weight excluding hydrogens is 531 g/mol. The van der Waals surface area contributed by atoms with E-state index in [2.05, 4.69) is 14.8 Å². The van der Waals surface area contributed by atoms with Gasteiger partial charge < -0.3 is 14.8 Å². The second kappa shape index (κ2) is 11.2. The minimum Gasteiger partial charge on any atom is -0.444 e. The number of nitrogens with zero attached hydrogens (tertiary/aromatic N) is 1. The van der Waals surface area contributed by atoms with Crippen LogP contribution in [0.3, 0.4) is 0 Å². The molecular formula is C24H28F3N3O5S2. The van der Waals surface area contributed by atoms with Crippen molar-refractivity contribution in [3.63, 3.8) is 0 Å². The van der Waals surface area contributed by atoms with E-state index in [0.29, 0.717) is 10.6 Å². The highest BCUT2D eigenvalue weighted by molar-refractivity contribution is 7.91. The minimum atomic E-state index is -4.83. The molecule has 1 heterocycles. The number of anilines is 1. The van der Waals surface area contributed by atoms with E-state index < -0.39 is 34.0 Å². The lowest BCUT2D eigenvalue weighted by molar-refractivity contribution is -0.274. The van der Waals surface area contributed by atoms with Gasteiger partial charge in [0.05, 0.1) is 6.54 Å². The number of amides is 1. The molecule has 3 rings (SSSR count). The molecule has 0 saturated carbocycles. The van der Waals surface area contributed by atoms with Gasteiger partial charge in [-0.15, -0.1) is 24.5 Å². The Kier molecular flexibility index (Phi) is 8.60. The number of alkyl carbamates (subject to hydrolysis) is 1. The van der Waals surface area contributed by atoms with Crippen molar-refractivity contribution in [1.82, 2.24) is 10.0 Å². The fraction of sp³-hybridized carbons (Fsp3) is 0.375. The Morgan fingerprint density at radius 2 is 1.68 bits per heavy atom. The van der Waals surface area contributed by atoms with Crippen LogP contribution in [0.5, 0.6) is 5.75 Å². The molecule has 2 aromatic carbocycles. The first-order valence-electron chi connectivity index (χ1n) is 11.2. The molecule has 0 saturated heterocycles. The van der Waals surface area contributed by atoms with Gasteiger partial charge >= 0.3 is 22.7 Å². The summed E-state index contributed by atoms with van der Waals surface area (Å²) in [5.41, 5.74) is 0.498. The Balaban J connectivity index is 1.82. The molecule has 202 valence electrons. The molecule has 1 amide bonds. The van der Waals surface area contributed by atoms with Crippen LogP contribution in [0.15, 0.2) is 48.5 Å². The first kappa shape index (κ1) is 28.5. The maximum Gasteiger partial charge on any atom is 0.573 e. The number of halogens is 3. The van der Waals surface area contributed by atoms with E-state index >= 15 is 0 Å². The standard InChI is InChI=1S/C24H28F3N3O5S2/c1-16-19-7-5-6-8-20(19)36-21(16)30(15-17-9-11-18(12-10-17)34-24(25,26)27)37(32,33)29-14-13-28-22(31)35-23(2,3)4/h5-12,29H,13-15H2,1-4H3,(H,28,31). The van der Waals surface area contributed by atoms with Gasteiger partial charge in [0.15, 0.2) is 0 Å². The van der Waals surface area contributed by atoms with E-state index in [1.807, 2.05) is 24.3 Å². The molecule has 8 nitrogen and oxygen atoms in total. The second-order valence-corrected chi connectivity index (χ2v) is 11.8. The number of aryl methyl sites for hydroxylation is 1. The van der Waals surface area contributed by atoms with Gasteiger partial charge in [0.2, 0.25) is 0 Å². The van der Waals surface area contributed by atoms with Crippen LogP contribution < -0.4 is 19.1 Å². The summed E-state index contributed by atoms with van der Waals surface area (Å²) in [6.45, 7) is 6.67. The number of hydrogen-bond donors (Lipinski definition) is 2. The maximum atomic E-state index is 13.4. The average Bonchev–Trinajstić information content (AvgIpc) is 3.10.